The van der Waals surface area contributed by atoms with Crippen molar-refractivity contribution in [3.05, 3.63) is 93.3 Å². The summed E-state index contributed by atoms with van der Waals surface area (Å²) in [5, 5.41) is 18.2. The number of benzene rings is 2. The Hall–Kier alpha value is -4.28. The molecule has 2 aromatic carbocycles. The maximum absolute atomic E-state index is 13.7. The van der Waals surface area contributed by atoms with Gasteiger partial charge < -0.3 is 25.0 Å². The van der Waals surface area contributed by atoms with Gasteiger partial charge in [0, 0.05) is 28.4 Å². The molecule has 0 radical (unpaired) electrons. The second-order valence-corrected chi connectivity index (χ2v) is 17.1. The van der Waals surface area contributed by atoms with Gasteiger partial charge in [-0.15, -0.1) is 0 Å². The number of aryl methyl sites for hydroxylation is 1. The molecule has 0 spiro atoms. The molecule has 2 aromatic heterocycles. The smallest absolute Gasteiger partial charge is 0.343 e. The number of carbonyl (C=O) groups excluding carboxylic acids is 2. The molecule has 0 saturated carbocycles. The fourth-order valence-electron chi connectivity index (χ4n) is 5.97. The Kier molecular flexibility index (Phi) is 6.98. The lowest BCUT2D eigenvalue weighted by Crippen LogP contribution is -2.44. The van der Waals surface area contributed by atoms with E-state index in [1.807, 2.05) is 48.5 Å². The fraction of sp³-hybridized carbons (Fsp3) is 0.312. The van der Waals surface area contributed by atoms with Crippen LogP contribution in [-0.2, 0) is 34.7 Å². The number of fused-ring (bicyclic) bond motifs is 5. The second kappa shape index (κ2) is 10.5. The van der Waals surface area contributed by atoms with Gasteiger partial charge >= 0.3 is 12.0 Å². The summed E-state index contributed by atoms with van der Waals surface area (Å²) < 4.78 is 6.90. The summed E-state index contributed by atoms with van der Waals surface area (Å²) in [7, 11) is -1.88. The third kappa shape index (κ3) is 4.80. The van der Waals surface area contributed by atoms with Crippen LogP contribution in [0.15, 0.2) is 65.5 Å². The van der Waals surface area contributed by atoms with Crippen molar-refractivity contribution in [2.75, 3.05) is 11.5 Å². The van der Waals surface area contributed by atoms with E-state index < -0.39 is 19.6 Å². The van der Waals surface area contributed by atoms with Crippen LogP contribution in [0.5, 0.6) is 0 Å². The average Bonchev–Trinajstić information content (AvgIpc) is 3.35. The highest BCUT2D eigenvalue weighted by Crippen LogP contribution is 2.40. The van der Waals surface area contributed by atoms with E-state index in [0.717, 1.165) is 40.2 Å². The molecular formula is C32H34N4O5Si. The number of anilines is 1. The summed E-state index contributed by atoms with van der Waals surface area (Å²) in [5.41, 5.74) is 3.53. The maximum Gasteiger partial charge on any atom is 0.343 e. The standard InChI is InChI=1S/C32H34N4O5Si/c1-4-32(40)25-16-27-28-23(17-36(27)29(37)24(25)18-41-30(32)38)21(22-12-8-9-13-26(22)35-28)14-15-42(2,3)19-33-31(39)34-20-10-6-5-7-11-20/h5-13,16,40H,4,14-15,17-19H2,1-3H3,(H2,33,34,39). The number of cyclic esters (lactones) is 1. The van der Waals surface area contributed by atoms with E-state index in [9.17, 15) is 19.5 Å². The van der Waals surface area contributed by atoms with Gasteiger partial charge in [0.2, 0.25) is 0 Å². The summed E-state index contributed by atoms with van der Waals surface area (Å²) in [5.74, 6) is -0.731. The molecule has 42 heavy (non-hydrogen) atoms. The van der Waals surface area contributed by atoms with Crippen LogP contribution in [-0.4, -0.2) is 40.9 Å². The second-order valence-electron chi connectivity index (χ2n) is 11.9. The van der Waals surface area contributed by atoms with Gasteiger partial charge in [-0.05, 0) is 42.7 Å². The molecule has 0 aliphatic carbocycles. The van der Waals surface area contributed by atoms with Crippen molar-refractivity contribution in [3.8, 4) is 11.4 Å². The number of para-hydroxylation sites is 2. The Balaban J connectivity index is 1.31. The highest BCUT2D eigenvalue weighted by Gasteiger charge is 2.45. The van der Waals surface area contributed by atoms with E-state index in [1.165, 1.54) is 0 Å². The number of aliphatic hydroxyl groups is 1. The normalized spacial score (nSPS) is 17.3. The minimum atomic E-state index is -1.88. The molecule has 4 aromatic rings. The van der Waals surface area contributed by atoms with Gasteiger partial charge in [-0.3, -0.25) is 4.79 Å². The molecule has 2 amide bonds. The number of ether oxygens (including phenoxy) is 1. The lowest BCUT2D eigenvalue weighted by atomic mass is 9.86. The van der Waals surface area contributed by atoms with Crippen LogP contribution in [0.2, 0.25) is 19.1 Å². The van der Waals surface area contributed by atoms with Gasteiger partial charge in [-0.25, -0.2) is 14.6 Å². The summed E-state index contributed by atoms with van der Waals surface area (Å²) >= 11 is 0. The number of hydrogen-bond acceptors (Lipinski definition) is 6. The molecule has 6 rings (SSSR count). The Morgan fingerprint density at radius 1 is 1.10 bits per heavy atom. The molecule has 1 atom stereocenters. The number of nitrogens with one attached hydrogen (secondary N) is 2. The molecule has 0 fully saturated rings. The Bertz CT molecular complexity index is 1790. The van der Waals surface area contributed by atoms with E-state index in [2.05, 4.69) is 29.8 Å². The fourth-order valence-corrected chi connectivity index (χ4v) is 7.71. The van der Waals surface area contributed by atoms with Gasteiger partial charge in [-0.2, -0.15) is 0 Å². The monoisotopic (exact) mass is 582 g/mol. The molecule has 10 heteroatoms. The number of nitrogens with zero attached hydrogens (tertiary/aromatic N) is 2. The number of pyridine rings is 2. The molecule has 216 valence electrons. The van der Waals surface area contributed by atoms with Gasteiger partial charge in [0.25, 0.3) is 5.56 Å². The Morgan fingerprint density at radius 3 is 2.60 bits per heavy atom. The van der Waals surface area contributed by atoms with E-state index in [-0.39, 0.29) is 24.6 Å². The van der Waals surface area contributed by atoms with Crippen molar-refractivity contribution in [2.45, 2.75) is 57.7 Å². The first-order chi connectivity index (χ1) is 20.1. The van der Waals surface area contributed by atoms with Crippen LogP contribution in [0.25, 0.3) is 22.3 Å². The van der Waals surface area contributed by atoms with E-state index in [4.69, 9.17) is 9.72 Å². The first-order valence-electron chi connectivity index (χ1n) is 14.3. The van der Waals surface area contributed by atoms with Gasteiger partial charge in [0.15, 0.2) is 5.60 Å². The van der Waals surface area contributed by atoms with Crippen LogP contribution in [0.1, 0.15) is 35.6 Å². The molecule has 2 aliphatic heterocycles. The molecule has 3 N–H and O–H groups in total. The summed E-state index contributed by atoms with van der Waals surface area (Å²) in [6, 6.07) is 19.8. The first-order valence-corrected chi connectivity index (χ1v) is 17.7. The Morgan fingerprint density at radius 2 is 1.83 bits per heavy atom. The molecular weight excluding hydrogens is 548 g/mol. The molecule has 0 saturated heterocycles. The summed E-state index contributed by atoms with van der Waals surface area (Å²) in [4.78, 5) is 43.7. The van der Waals surface area contributed by atoms with Crippen LogP contribution in [0.3, 0.4) is 0 Å². The van der Waals surface area contributed by atoms with Gasteiger partial charge in [0.05, 0.1) is 37.1 Å². The topological polar surface area (TPSA) is 123 Å². The number of hydrogen-bond donors (Lipinski definition) is 3. The number of amides is 2. The maximum atomic E-state index is 13.7. The highest BCUT2D eigenvalue weighted by molar-refractivity contribution is 6.77. The average molecular weight is 583 g/mol. The first kappa shape index (κ1) is 27.9. The third-order valence-corrected chi connectivity index (χ3v) is 11.3. The van der Waals surface area contributed by atoms with Crippen molar-refractivity contribution in [3.63, 3.8) is 0 Å². The number of carbonyl (C=O) groups is 2. The zero-order chi connectivity index (χ0) is 29.6. The highest BCUT2D eigenvalue weighted by atomic mass is 28.3. The minimum absolute atomic E-state index is 0.0993. The van der Waals surface area contributed by atoms with Crippen molar-refractivity contribution in [1.82, 2.24) is 14.9 Å². The van der Waals surface area contributed by atoms with E-state index in [0.29, 0.717) is 35.2 Å². The van der Waals surface area contributed by atoms with E-state index in [1.54, 1.807) is 17.6 Å². The predicted molar refractivity (Wildman–Crippen MR) is 164 cm³/mol. The van der Waals surface area contributed by atoms with Crippen molar-refractivity contribution < 1.29 is 19.4 Å². The van der Waals surface area contributed by atoms with Crippen molar-refractivity contribution >= 4 is 36.7 Å². The summed E-state index contributed by atoms with van der Waals surface area (Å²) in [6.45, 7) is 6.43. The minimum Gasteiger partial charge on any atom is -0.458 e. The largest absolute Gasteiger partial charge is 0.458 e. The predicted octanol–water partition coefficient (Wildman–Crippen LogP) is 4.69. The molecule has 2 aliphatic rings. The molecule has 1 unspecified atom stereocenters. The van der Waals surface area contributed by atoms with Gasteiger partial charge in [0.1, 0.15) is 6.61 Å². The Labute approximate surface area is 244 Å². The third-order valence-electron chi connectivity index (χ3n) is 8.52. The number of urea groups is 1. The number of aromatic nitrogens is 2. The van der Waals surface area contributed by atoms with Crippen molar-refractivity contribution in [2.24, 2.45) is 0 Å². The van der Waals surface area contributed by atoms with Crippen LogP contribution in [0.4, 0.5) is 10.5 Å². The lowest BCUT2D eigenvalue weighted by Gasteiger charge is -2.31. The number of rotatable bonds is 7. The van der Waals surface area contributed by atoms with Crippen LogP contribution in [0, 0.1) is 0 Å². The van der Waals surface area contributed by atoms with Crippen LogP contribution < -0.4 is 16.2 Å². The van der Waals surface area contributed by atoms with E-state index >= 15 is 0 Å². The lowest BCUT2D eigenvalue weighted by molar-refractivity contribution is -0.172. The van der Waals surface area contributed by atoms with Crippen LogP contribution >= 0.6 is 0 Å². The molecule has 4 heterocycles. The SMILES string of the molecule is CCC1(O)C(=O)OCc2c1cc1n(c2=O)Cc2c-1nc1ccccc1c2CC[Si](C)(C)CNC(=O)Nc1ccccc1. The number of esters is 1. The zero-order valence-corrected chi connectivity index (χ0v) is 25.0. The van der Waals surface area contributed by atoms with Crippen molar-refractivity contribution in [1.29, 1.82) is 0 Å². The molecule has 9 nitrogen and oxygen atoms in total. The van der Waals surface area contributed by atoms with Gasteiger partial charge in [-0.1, -0.05) is 62.5 Å². The molecule has 0 bridgehead atoms. The zero-order valence-electron chi connectivity index (χ0n) is 24.0. The summed E-state index contributed by atoms with van der Waals surface area (Å²) in [6.07, 6.45) is 1.49. The quantitative estimate of drug-likeness (QED) is 0.189.